The fraction of sp³-hybridized carbons (Fsp3) is 0.909. The molecule has 1 amide bonds. The Hall–Kier alpha value is -0.570. The van der Waals surface area contributed by atoms with E-state index in [1.165, 1.54) is 0 Å². The predicted molar refractivity (Wildman–Crippen MR) is 59.9 cm³/mol. The highest BCUT2D eigenvalue weighted by atomic mass is 16.1. The summed E-state index contributed by atoms with van der Waals surface area (Å²) in [7, 11) is 0. The Labute approximate surface area is 87.4 Å². The fourth-order valence-electron chi connectivity index (χ4n) is 1.23. The number of carbonyl (C=O) groups excluding carboxylic acids is 1. The summed E-state index contributed by atoms with van der Waals surface area (Å²) in [5.41, 5.74) is 5.57. The molecule has 0 spiro atoms. The third-order valence-electron chi connectivity index (χ3n) is 2.68. The van der Waals surface area contributed by atoms with Crippen LogP contribution in [0.3, 0.4) is 0 Å². The minimum atomic E-state index is 0.0703. The number of carbonyl (C=O) groups is 1. The SMILES string of the molecule is CCCC(CN)NC(=O)C(C)C(C)C. The van der Waals surface area contributed by atoms with Crippen LogP contribution in [-0.4, -0.2) is 18.5 Å². The Morgan fingerprint density at radius 2 is 1.93 bits per heavy atom. The number of hydrogen-bond acceptors (Lipinski definition) is 2. The van der Waals surface area contributed by atoms with Crippen molar-refractivity contribution < 1.29 is 4.79 Å². The quantitative estimate of drug-likeness (QED) is 0.683. The van der Waals surface area contributed by atoms with E-state index < -0.39 is 0 Å². The highest BCUT2D eigenvalue weighted by Crippen LogP contribution is 2.10. The Morgan fingerprint density at radius 3 is 2.29 bits per heavy atom. The van der Waals surface area contributed by atoms with Crippen LogP contribution >= 0.6 is 0 Å². The highest BCUT2D eigenvalue weighted by Gasteiger charge is 2.18. The van der Waals surface area contributed by atoms with Gasteiger partial charge < -0.3 is 11.1 Å². The average Bonchev–Trinajstić information content (AvgIpc) is 2.15. The van der Waals surface area contributed by atoms with Crippen molar-refractivity contribution in [2.75, 3.05) is 6.54 Å². The molecule has 0 bridgehead atoms. The third kappa shape index (κ3) is 4.61. The first kappa shape index (κ1) is 13.4. The van der Waals surface area contributed by atoms with Gasteiger partial charge in [0.2, 0.25) is 5.91 Å². The summed E-state index contributed by atoms with van der Waals surface area (Å²) in [6.45, 7) is 8.70. The lowest BCUT2D eigenvalue weighted by atomic mass is 9.96. The Morgan fingerprint density at radius 1 is 1.36 bits per heavy atom. The first-order valence-corrected chi connectivity index (χ1v) is 5.53. The van der Waals surface area contributed by atoms with Crippen molar-refractivity contribution in [1.29, 1.82) is 0 Å². The zero-order valence-electron chi connectivity index (χ0n) is 9.84. The molecule has 3 heteroatoms. The van der Waals surface area contributed by atoms with Crippen LogP contribution in [0.1, 0.15) is 40.5 Å². The van der Waals surface area contributed by atoms with Gasteiger partial charge in [0.1, 0.15) is 0 Å². The van der Waals surface area contributed by atoms with Gasteiger partial charge in [-0.15, -0.1) is 0 Å². The average molecular weight is 200 g/mol. The number of rotatable bonds is 6. The fourth-order valence-corrected chi connectivity index (χ4v) is 1.23. The van der Waals surface area contributed by atoms with Gasteiger partial charge in [-0.25, -0.2) is 0 Å². The predicted octanol–water partition coefficient (Wildman–Crippen LogP) is 1.52. The first-order chi connectivity index (χ1) is 6.52. The minimum absolute atomic E-state index is 0.0703. The van der Waals surface area contributed by atoms with Crippen LogP contribution < -0.4 is 11.1 Å². The van der Waals surface area contributed by atoms with Gasteiger partial charge in [-0.3, -0.25) is 4.79 Å². The van der Waals surface area contributed by atoms with E-state index in [9.17, 15) is 4.79 Å². The van der Waals surface area contributed by atoms with Crippen LogP contribution in [0.15, 0.2) is 0 Å². The van der Waals surface area contributed by atoms with Crippen molar-refractivity contribution in [3.05, 3.63) is 0 Å². The van der Waals surface area contributed by atoms with E-state index >= 15 is 0 Å². The summed E-state index contributed by atoms with van der Waals surface area (Å²) in [4.78, 5) is 11.7. The van der Waals surface area contributed by atoms with Crippen molar-refractivity contribution in [1.82, 2.24) is 5.32 Å². The van der Waals surface area contributed by atoms with E-state index in [2.05, 4.69) is 26.1 Å². The molecule has 0 fully saturated rings. The van der Waals surface area contributed by atoms with Gasteiger partial charge in [-0.1, -0.05) is 34.1 Å². The molecule has 0 aliphatic rings. The van der Waals surface area contributed by atoms with E-state index in [1.54, 1.807) is 0 Å². The maximum Gasteiger partial charge on any atom is 0.223 e. The second-order valence-electron chi connectivity index (χ2n) is 4.26. The van der Waals surface area contributed by atoms with E-state index in [0.29, 0.717) is 12.5 Å². The summed E-state index contributed by atoms with van der Waals surface area (Å²) in [6.07, 6.45) is 2.02. The molecule has 14 heavy (non-hydrogen) atoms. The Balaban J connectivity index is 4.01. The van der Waals surface area contributed by atoms with Gasteiger partial charge >= 0.3 is 0 Å². The summed E-state index contributed by atoms with van der Waals surface area (Å²) in [5, 5.41) is 2.98. The van der Waals surface area contributed by atoms with Crippen LogP contribution in [0.2, 0.25) is 0 Å². The van der Waals surface area contributed by atoms with E-state index in [-0.39, 0.29) is 17.9 Å². The summed E-state index contributed by atoms with van der Waals surface area (Å²) in [5.74, 6) is 0.583. The summed E-state index contributed by atoms with van der Waals surface area (Å²) >= 11 is 0. The molecule has 3 nitrogen and oxygen atoms in total. The lowest BCUT2D eigenvalue weighted by Gasteiger charge is -2.21. The van der Waals surface area contributed by atoms with Gasteiger partial charge in [0.15, 0.2) is 0 Å². The lowest BCUT2D eigenvalue weighted by molar-refractivity contribution is -0.126. The smallest absolute Gasteiger partial charge is 0.223 e. The van der Waals surface area contributed by atoms with Gasteiger partial charge in [0, 0.05) is 18.5 Å². The van der Waals surface area contributed by atoms with E-state index in [0.717, 1.165) is 12.8 Å². The molecular formula is C11H24N2O. The second kappa shape index (κ2) is 6.82. The summed E-state index contributed by atoms with van der Waals surface area (Å²) in [6, 6.07) is 0.147. The molecular weight excluding hydrogens is 176 g/mol. The van der Waals surface area contributed by atoms with Crippen molar-refractivity contribution in [2.24, 2.45) is 17.6 Å². The maximum atomic E-state index is 11.7. The standard InChI is InChI=1S/C11H24N2O/c1-5-6-10(7-12)13-11(14)9(4)8(2)3/h8-10H,5-7,12H2,1-4H3,(H,13,14). The molecule has 3 N–H and O–H groups in total. The molecule has 0 aromatic rings. The summed E-state index contributed by atoms with van der Waals surface area (Å²) < 4.78 is 0. The molecule has 84 valence electrons. The zero-order valence-corrected chi connectivity index (χ0v) is 9.84. The molecule has 0 heterocycles. The van der Waals surface area contributed by atoms with Gasteiger partial charge in [0.05, 0.1) is 0 Å². The Kier molecular flexibility index (Phi) is 6.54. The van der Waals surface area contributed by atoms with Crippen LogP contribution in [0, 0.1) is 11.8 Å². The van der Waals surface area contributed by atoms with Crippen molar-refractivity contribution in [3.8, 4) is 0 Å². The van der Waals surface area contributed by atoms with E-state index in [1.807, 2.05) is 6.92 Å². The third-order valence-corrected chi connectivity index (χ3v) is 2.68. The normalized spacial score (nSPS) is 15.3. The maximum absolute atomic E-state index is 11.7. The van der Waals surface area contributed by atoms with E-state index in [4.69, 9.17) is 5.73 Å². The molecule has 0 aromatic carbocycles. The number of nitrogens with two attached hydrogens (primary N) is 1. The largest absolute Gasteiger partial charge is 0.352 e. The number of hydrogen-bond donors (Lipinski definition) is 2. The molecule has 0 saturated heterocycles. The first-order valence-electron chi connectivity index (χ1n) is 5.53. The molecule has 0 aliphatic heterocycles. The topological polar surface area (TPSA) is 55.1 Å². The van der Waals surface area contributed by atoms with Crippen molar-refractivity contribution >= 4 is 5.91 Å². The monoisotopic (exact) mass is 200 g/mol. The van der Waals surface area contributed by atoms with Crippen LogP contribution in [0.25, 0.3) is 0 Å². The van der Waals surface area contributed by atoms with Crippen molar-refractivity contribution in [2.45, 2.75) is 46.6 Å². The number of nitrogens with one attached hydrogen (secondary N) is 1. The molecule has 2 atom stereocenters. The van der Waals surface area contributed by atoms with Crippen molar-refractivity contribution in [3.63, 3.8) is 0 Å². The lowest BCUT2D eigenvalue weighted by Crippen LogP contribution is -2.43. The molecule has 0 aliphatic carbocycles. The van der Waals surface area contributed by atoms with Gasteiger partial charge in [-0.05, 0) is 12.3 Å². The Bertz CT molecular complexity index is 169. The van der Waals surface area contributed by atoms with Crippen LogP contribution in [-0.2, 0) is 4.79 Å². The second-order valence-corrected chi connectivity index (χ2v) is 4.26. The molecule has 0 saturated carbocycles. The zero-order chi connectivity index (χ0) is 11.1. The van der Waals surface area contributed by atoms with Gasteiger partial charge in [-0.2, -0.15) is 0 Å². The van der Waals surface area contributed by atoms with Crippen LogP contribution in [0.4, 0.5) is 0 Å². The number of amides is 1. The molecule has 2 unspecified atom stereocenters. The highest BCUT2D eigenvalue weighted by molar-refractivity contribution is 5.78. The molecule has 0 aromatic heterocycles. The molecule has 0 radical (unpaired) electrons. The van der Waals surface area contributed by atoms with Gasteiger partial charge in [0.25, 0.3) is 0 Å². The van der Waals surface area contributed by atoms with Crippen LogP contribution in [0.5, 0.6) is 0 Å². The minimum Gasteiger partial charge on any atom is -0.352 e. The molecule has 0 rings (SSSR count).